The maximum Gasteiger partial charge on any atom is 0.320 e. The van der Waals surface area contributed by atoms with Crippen molar-refractivity contribution >= 4 is 17.7 Å². The third kappa shape index (κ3) is 4.72. The Morgan fingerprint density at radius 3 is 3.06 bits per heavy atom. The topological polar surface area (TPSA) is 62.5 Å². The van der Waals surface area contributed by atoms with E-state index in [2.05, 4.69) is 5.32 Å². The van der Waals surface area contributed by atoms with Crippen molar-refractivity contribution < 1.29 is 14.3 Å². The monoisotopic (exact) mass is 243 g/mol. The van der Waals surface area contributed by atoms with E-state index in [9.17, 15) is 4.79 Å². The van der Waals surface area contributed by atoms with Crippen LogP contribution in [-0.4, -0.2) is 29.4 Å². The highest BCUT2D eigenvalue weighted by Gasteiger charge is 2.14. The fourth-order valence-corrected chi connectivity index (χ4v) is 2.24. The zero-order valence-corrected chi connectivity index (χ0v) is 10.1. The molecule has 0 aliphatic rings. The van der Waals surface area contributed by atoms with Crippen molar-refractivity contribution in [3.63, 3.8) is 0 Å². The van der Waals surface area contributed by atoms with E-state index in [0.717, 1.165) is 17.3 Å². The molecule has 5 heteroatoms. The van der Waals surface area contributed by atoms with Gasteiger partial charge in [-0.15, -0.1) is 0 Å². The average molecular weight is 243 g/mol. The Morgan fingerprint density at radius 1 is 1.69 bits per heavy atom. The van der Waals surface area contributed by atoms with Gasteiger partial charge in [0.1, 0.15) is 11.8 Å². The van der Waals surface area contributed by atoms with Crippen LogP contribution in [0.15, 0.2) is 22.8 Å². The molecule has 2 N–H and O–H groups in total. The molecule has 0 aliphatic heterocycles. The van der Waals surface area contributed by atoms with Crippen molar-refractivity contribution in [2.45, 2.75) is 25.1 Å². The molecule has 1 unspecified atom stereocenters. The first kappa shape index (κ1) is 13.1. The number of hydrogen-bond donors (Lipinski definition) is 2. The number of carboxylic acid groups (broad SMARTS) is 1. The summed E-state index contributed by atoms with van der Waals surface area (Å²) < 4.78 is 5.18. The molecular weight excluding hydrogens is 226 g/mol. The van der Waals surface area contributed by atoms with Gasteiger partial charge in [-0.25, -0.2) is 0 Å². The molecule has 0 radical (unpaired) electrons. The highest BCUT2D eigenvalue weighted by atomic mass is 32.2. The predicted octanol–water partition coefficient (Wildman–Crippen LogP) is 1.97. The summed E-state index contributed by atoms with van der Waals surface area (Å²) in [6.45, 7) is 2.59. The van der Waals surface area contributed by atoms with Gasteiger partial charge in [-0.3, -0.25) is 4.79 Å². The number of thioether (sulfide) groups is 1. The molecule has 0 aromatic carbocycles. The summed E-state index contributed by atoms with van der Waals surface area (Å²) in [7, 11) is 0. The molecule has 1 atom stereocenters. The van der Waals surface area contributed by atoms with Gasteiger partial charge in [0.15, 0.2) is 0 Å². The van der Waals surface area contributed by atoms with Crippen LogP contribution in [0.5, 0.6) is 0 Å². The fraction of sp³-hybridized carbons (Fsp3) is 0.545. The minimum Gasteiger partial charge on any atom is -0.480 e. The minimum absolute atomic E-state index is 0.436. The molecule has 1 rings (SSSR count). The van der Waals surface area contributed by atoms with Crippen molar-refractivity contribution in [3.05, 3.63) is 24.2 Å². The molecule has 90 valence electrons. The number of furan rings is 1. The van der Waals surface area contributed by atoms with Crippen molar-refractivity contribution in [2.75, 3.05) is 12.3 Å². The Morgan fingerprint density at radius 2 is 2.50 bits per heavy atom. The van der Waals surface area contributed by atoms with Gasteiger partial charge in [-0.2, -0.15) is 11.8 Å². The molecule has 0 saturated heterocycles. The lowest BCUT2D eigenvalue weighted by atomic mass is 10.2. The van der Waals surface area contributed by atoms with E-state index in [1.54, 1.807) is 18.0 Å². The molecule has 1 heterocycles. The minimum atomic E-state index is -0.777. The van der Waals surface area contributed by atoms with Gasteiger partial charge in [0.2, 0.25) is 0 Å². The van der Waals surface area contributed by atoms with Crippen LogP contribution in [0, 0.1) is 0 Å². The maximum absolute atomic E-state index is 10.8. The Labute approximate surface area is 99.4 Å². The van der Waals surface area contributed by atoms with Crippen LogP contribution in [0.25, 0.3) is 0 Å². The number of rotatable bonds is 8. The lowest BCUT2D eigenvalue weighted by molar-refractivity contribution is -0.139. The van der Waals surface area contributed by atoms with Crippen LogP contribution in [0.3, 0.4) is 0 Å². The smallest absolute Gasteiger partial charge is 0.320 e. The first-order chi connectivity index (χ1) is 7.74. The molecule has 0 spiro atoms. The number of aliphatic carboxylic acids is 1. The third-order valence-electron chi connectivity index (χ3n) is 2.12. The van der Waals surface area contributed by atoms with Crippen LogP contribution in [0.4, 0.5) is 0 Å². The number of carbonyl (C=O) groups is 1. The van der Waals surface area contributed by atoms with Gasteiger partial charge < -0.3 is 14.8 Å². The SMILES string of the molecule is CCNC(CCSCc1ccco1)C(=O)O. The molecule has 0 fully saturated rings. The molecule has 0 bridgehead atoms. The van der Waals surface area contributed by atoms with Gasteiger partial charge >= 0.3 is 5.97 Å². The second kappa shape index (κ2) is 7.35. The Hall–Kier alpha value is -0.940. The number of carboxylic acids is 1. The first-order valence-electron chi connectivity index (χ1n) is 5.30. The van der Waals surface area contributed by atoms with Gasteiger partial charge in [-0.05, 0) is 30.9 Å². The number of hydrogen-bond acceptors (Lipinski definition) is 4. The van der Waals surface area contributed by atoms with E-state index < -0.39 is 12.0 Å². The van der Waals surface area contributed by atoms with Crippen LogP contribution in [-0.2, 0) is 10.5 Å². The highest BCUT2D eigenvalue weighted by molar-refractivity contribution is 7.98. The molecule has 4 nitrogen and oxygen atoms in total. The van der Waals surface area contributed by atoms with Crippen molar-refractivity contribution in [1.82, 2.24) is 5.32 Å². The summed E-state index contributed by atoms with van der Waals surface area (Å²) in [6.07, 6.45) is 2.28. The fourth-order valence-electron chi connectivity index (χ4n) is 1.33. The van der Waals surface area contributed by atoms with E-state index in [4.69, 9.17) is 9.52 Å². The Balaban J connectivity index is 2.15. The second-order valence-electron chi connectivity index (χ2n) is 3.37. The third-order valence-corrected chi connectivity index (χ3v) is 3.14. The average Bonchev–Trinajstić information content (AvgIpc) is 2.75. The summed E-state index contributed by atoms with van der Waals surface area (Å²) in [5.41, 5.74) is 0. The molecule has 1 aromatic heterocycles. The summed E-state index contributed by atoms with van der Waals surface area (Å²) >= 11 is 1.69. The normalized spacial score (nSPS) is 12.6. The Kier molecular flexibility index (Phi) is 6.03. The van der Waals surface area contributed by atoms with Crippen LogP contribution < -0.4 is 5.32 Å². The van der Waals surface area contributed by atoms with Gasteiger partial charge in [0, 0.05) is 0 Å². The van der Waals surface area contributed by atoms with Gasteiger partial charge in [-0.1, -0.05) is 6.92 Å². The van der Waals surface area contributed by atoms with E-state index in [0.29, 0.717) is 13.0 Å². The largest absolute Gasteiger partial charge is 0.480 e. The standard InChI is InChI=1S/C11H17NO3S/c1-2-12-10(11(13)14)5-7-16-8-9-4-3-6-15-9/h3-4,6,10,12H,2,5,7-8H2,1H3,(H,13,14). The van der Waals surface area contributed by atoms with Gasteiger partial charge in [0.05, 0.1) is 12.0 Å². The molecule has 0 saturated carbocycles. The van der Waals surface area contributed by atoms with E-state index in [-0.39, 0.29) is 0 Å². The van der Waals surface area contributed by atoms with Crippen molar-refractivity contribution in [1.29, 1.82) is 0 Å². The zero-order valence-electron chi connectivity index (χ0n) is 9.31. The lowest BCUT2D eigenvalue weighted by Gasteiger charge is -2.11. The quantitative estimate of drug-likeness (QED) is 0.683. The zero-order chi connectivity index (χ0) is 11.8. The summed E-state index contributed by atoms with van der Waals surface area (Å²) in [5.74, 6) is 1.76. The van der Waals surface area contributed by atoms with Gasteiger partial charge in [0.25, 0.3) is 0 Å². The van der Waals surface area contributed by atoms with E-state index in [1.807, 2.05) is 19.1 Å². The number of nitrogens with one attached hydrogen (secondary N) is 1. The van der Waals surface area contributed by atoms with Crippen LogP contribution in [0.1, 0.15) is 19.1 Å². The van der Waals surface area contributed by atoms with Crippen LogP contribution in [0.2, 0.25) is 0 Å². The summed E-state index contributed by atoms with van der Waals surface area (Å²) in [6, 6.07) is 3.34. The first-order valence-corrected chi connectivity index (χ1v) is 6.45. The van der Waals surface area contributed by atoms with E-state index in [1.165, 1.54) is 0 Å². The molecule has 0 aliphatic carbocycles. The molecule has 16 heavy (non-hydrogen) atoms. The molecular formula is C11H17NO3S. The van der Waals surface area contributed by atoms with Crippen molar-refractivity contribution in [3.8, 4) is 0 Å². The number of likely N-dealkylation sites (N-methyl/N-ethyl adjacent to an activating group) is 1. The maximum atomic E-state index is 10.8. The molecule has 1 aromatic rings. The van der Waals surface area contributed by atoms with E-state index >= 15 is 0 Å². The summed E-state index contributed by atoms with van der Waals surface area (Å²) in [5, 5.41) is 11.8. The summed E-state index contributed by atoms with van der Waals surface area (Å²) in [4.78, 5) is 10.8. The lowest BCUT2D eigenvalue weighted by Crippen LogP contribution is -2.36. The second-order valence-corrected chi connectivity index (χ2v) is 4.47. The highest BCUT2D eigenvalue weighted by Crippen LogP contribution is 2.14. The van der Waals surface area contributed by atoms with Crippen molar-refractivity contribution in [2.24, 2.45) is 0 Å². The molecule has 0 amide bonds. The Bertz CT molecular complexity index is 300. The van der Waals surface area contributed by atoms with Crippen LogP contribution >= 0.6 is 11.8 Å². The predicted molar refractivity (Wildman–Crippen MR) is 64.6 cm³/mol.